The summed E-state index contributed by atoms with van der Waals surface area (Å²) in [4.78, 5) is 11.8. The Balaban J connectivity index is 2.23. The highest BCUT2D eigenvalue weighted by molar-refractivity contribution is 7.08. The molecule has 0 spiro atoms. The van der Waals surface area contributed by atoms with Gasteiger partial charge in [-0.25, -0.2) is 0 Å². The molecule has 0 radical (unpaired) electrons. The average molecular weight is 326 g/mol. The molecule has 0 saturated carbocycles. The van der Waals surface area contributed by atoms with Gasteiger partial charge in [0.2, 0.25) is 0 Å². The van der Waals surface area contributed by atoms with Crippen molar-refractivity contribution in [2.24, 2.45) is 0 Å². The summed E-state index contributed by atoms with van der Waals surface area (Å²) in [5, 5.41) is 13.6. The second kappa shape index (κ2) is 6.46. The highest BCUT2D eigenvalue weighted by Crippen LogP contribution is 2.41. The van der Waals surface area contributed by atoms with E-state index in [1.807, 2.05) is 0 Å². The van der Waals surface area contributed by atoms with Crippen molar-refractivity contribution in [3.05, 3.63) is 64.4 Å². The first-order valence-corrected chi connectivity index (χ1v) is 7.35. The number of alkyl halides is 3. The summed E-state index contributed by atoms with van der Waals surface area (Å²) in [6.07, 6.45) is -3.51. The van der Waals surface area contributed by atoms with Gasteiger partial charge in [0, 0.05) is 0 Å². The highest BCUT2D eigenvalue weighted by atomic mass is 32.1. The maximum atomic E-state index is 13.2. The van der Waals surface area contributed by atoms with Crippen LogP contribution >= 0.6 is 11.3 Å². The molecule has 1 aromatic heterocycles. The second-order valence-corrected chi connectivity index (χ2v) is 5.54. The normalized spacial score (nSPS) is 14.9. The molecule has 1 heterocycles. The third-order valence-corrected chi connectivity index (χ3v) is 3.86. The average Bonchev–Trinajstić information content (AvgIpc) is 2.98. The van der Waals surface area contributed by atoms with Gasteiger partial charge in [-0.15, -0.1) is 0 Å². The molecule has 1 atom stereocenters. The van der Waals surface area contributed by atoms with Gasteiger partial charge in [0.15, 0.2) is 11.4 Å². The monoisotopic (exact) mass is 326 g/mol. The maximum Gasteiger partial charge on any atom is 0.421 e. The Morgan fingerprint density at radius 3 is 2.41 bits per heavy atom. The van der Waals surface area contributed by atoms with Crippen LogP contribution in [0.25, 0.3) is 6.08 Å². The van der Waals surface area contributed by atoms with Gasteiger partial charge in [0.25, 0.3) is 0 Å². The quantitative estimate of drug-likeness (QED) is 0.837. The standard InChI is InChI=1S/C16H13F3O2S/c17-16(18,19)15(21,13-4-2-1-3-5-13)10-14(20)7-6-12-8-9-22-11-12/h1-9,11,21H,10H2/b7-6+/t15-/m1/s1. The van der Waals surface area contributed by atoms with Gasteiger partial charge in [0.05, 0.1) is 6.42 Å². The van der Waals surface area contributed by atoms with Crippen LogP contribution in [0.4, 0.5) is 13.2 Å². The zero-order chi connectivity index (χ0) is 16.2. The molecule has 2 rings (SSSR count). The van der Waals surface area contributed by atoms with Gasteiger partial charge < -0.3 is 5.11 Å². The lowest BCUT2D eigenvalue weighted by Crippen LogP contribution is -2.43. The fraction of sp³-hybridized carbons (Fsp3) is 0.188. The smallest absolute Gasteiger partial charge is 0.376 e. The first-order valence-electron chi connectivity index (χ1n) is 6.41. The Bertz CT molecular complexity index is 648. The minimum absolute atomic E-state index is 0.347. The van der Waals surface area contributed by atoms with E-state index in [0.29, 0.717) is 0 Å². The summed E-state index contributed by atoms with van der Waals surface area (Å²) in [6, 6.07) is 8.36. The lowest BCUT2D eigenvalue weighted by Gasteiger charge is -2.30. The minimum atomic E-state index is -4.94. The summed E-state index contributed by atoms with van der Waals surface area (Å²) in [7, 11) is 0. The van der Waals surface area contributed by atoms with Crippen LogP contribution in [0.1, 0.15) is 17.5 Å². The van der Waals surface area contributed by atoms with E-state index in [1.54, 1.807) is 22.9 Å². The highest BCUT2D eigenvalue weighted by Gasteiger charge is 2.55. The van der Waals surface area contributed by atoms with Crippen molar-refractivity contribution in [1.29, 1.82) is 0 Å². The third-order valence-electron chi connectivity index (χ3n) is 3.16. The van der Waals surface area contributed by atoms with Gasteiger partial charge in [-0.3, -0.25) is 4.79 Å². The molecule has 116 valence electrons. The Labute approximate surface area is 129 Å². The van der Waals surface area contributed by atoms with E-state index in [1.165, 1.54) is 29.5 Å². The van der Waals surface area contributed by atoms with Crippen LogP contribution in [0.5, 0.6) is 0 Å². The summed E-state index contributed by atoms with van der Waals surface area (Å²) < 4.78 is 39.7. The van der Waals surface area contributed by atoms with Crippen molar-refractivity contribution >= 4 is 23.2 Å². The van der Waals surface area contributed by atoms with E-state index < -0.39 is 24.0 Å². The number of benzene rings is 1. The third kappa shape index (κ3) is 3.64. The van der Waals surface area contributed by atoms with E-state index in [-0.39, 0.29) is 5.56 Å². The zero-order valence-electron chi connectivity index (χ0n) is 11.4. The summed E-state index contributed by atoms with van der Waals surface area (Å²) in [5.74, 6) is -0.796. The first-order chi connectivity index (χ1) is 10.3. The molecule has 0 unspecified atom stereocenters. The Hall–Kier alpha value is -1.92. The Morgan fingerprint density at radius 2 is 1.86 bits per heavy atom. The molecule has 6 heteroatoms. The van der Waals surface area contributed by atoms with E-state index in [4.69, 9.17) is 0 Å². The summed E-state index contributed by atoms with van der Waals surface area (Å²) in [6.45, 7) is 0. The summed E-state index contributed by atoms with van der Waals surface area (Å²) in [5.41, 5.74) is -2.81. The Morgan fingerprint density at radius 1 is 1.18 bits per heavy atom. The van der Waals surface area contributed by atoms with Crippen molar-refractivity contribution in [2.45, 2.75) is 18.2 Å². The van der Waals surface area contributed by atoms with Crippen LogP contribution in [-0.4, -0.2) is 17.1 Å². The maximum absolute atomic E-state index is 13.2. The van der Waals surface area contributed by atoms with Gasteiger partial charge in [-0.05, 0) is 34.0 Å². The zero-order valence-corrected chi connectivity index (χ0v) is 12.2. The molecule has 22 heavy (non-hydrogen) atoms. The van der Waals surface area contributed by atoms with Crippen LogP contribution in [0.3, 0.4) is 0 Å². The van der Waals surface area contributed by atoms with E-state index in [9.17, 15) is 23.1 Å². The molecule has 2 aromatic rings. The molecule has 0 bridgehead atoms. The number of hydrogen-bond donors (Lipinski definition) is 1. The van der Waals surface area contributed by atoms with Crippen LogP contribution in [-0.2, 0) is 10.4 Å². The summed E-state index contributed by atoms with van der Waals surface area (Å²) >= 11 is 1.41. The molecule has 0 aliphatic carbocycles. The minimum Gasteiger partial charge on any atom is -0.376 e. The van der Waals surface area contributed by atoms with Crippen molar-refractivity contribution < 1.29 is 23.1 Å². The number of carbonyl (C=O) groups is 1. The predicted octanol–water partition coefficient (Wildman–Crippen LogP) is 4.17. The molecule has 1 aromatic carbocycles. The number of hydrogen-bond acceptors (Lipinski definition) is 3. The number of carbonyl (C=O) groups excluding carboxylic acids is 1. The van der Waals surface area contributed by atoms with Crippen molar-refractivity contribution in [3.8, 4) is 0 Å². The van der Waals surface area contributed by atoms with Crippen molar-refractivity contribution in [3.63, 3.8) is 0 Å². The SMILES string of the molecule is O=C(/C=C/c1ccsc1)C[C@@](O)(c1ccccc1)C(F)(F)F. The van der Waals surface area contributed by atoms with Crippen molar-refractivity contribution in [1.82, 2.24) is 0 Å². The van der Waals surface area contributed by atoms with Gasteiger partial charge in [-0.2, -0.15) is 24.5 Å². The fourth-order valence-electron chi connectivity index (χ4n) is 1.95. The van der Waals surface area contributed by atoms with Crippen molar-refractivity contribution in [2.75, 3.05) is 0 Å². The first kappa shape index (κ1) is 16.5. The number of ketones is 1. The topological polar surface area (TPSA) is 37.3 Å². The largest absolute Gasteiger partial charge is 0.421 e. The van der Waals surface area contributed by atoms with E-state index >= 15 is 0 Å². The van der Waals surface area contributed by atoms with Crippen LogP contribution in [0.2, 0.25) is 0 Å². The van der Waals surface area contributed by atoms with Crippen LogP contribution in [0.15, 0.2) is 53.2 Å². The number of allylic oxidation sites excluding steroid dienone is 1. The van der Waals surface area contributed by atoms with E-state index in [2.05, 4.69) is 0 Å². The molecular formula is C16H13F3O2S. The molecule has 0 fully saturated rings. The van der Waals surface area contributed by atoms with Crippen LogP contribution < -0.4 is 0 Å². The molecule has 1 N–H and O–H groups in total. The van der Waals surface area contributed by atoms with Crippen LogP contribution in [0, 0.1) is 0 Å². The van der Waals surface area contributed by atoms with Gasteiger partial charge in [-0.1, -0.05) is 36.4 Å². The number of thiophene rings is 1. The molecule has 2 nitrogen and oxygen atoms in total. The molecular weight excluding hydrogens is 313 g/mol. The number of halogens is 3. The molecule has 0 aliphatic heterocycles. The van der Waals surface area contributed by atoms with E-state index in [0.717, 1.165) is 23.8 Å². The lowest BCUT2D eigenvalue weighted by molar-refractivity contribution is -0.266. The number of rotatable bonds is 5. The lowest BCUT2D eigenvalue weighted by atomic mass is 9.88. The van der Waals surface area contributed by atoms with Gasteiger partial charge in [0.1, 0.15) is 0 Å². The second-order valence-electron chi connectivity index (χ2n) is 4.76. The number of aliphatic hydroxyl groups is 1. The predicted molar refractivity (Wildman–Crippen MR) is 79.4 cm³/mol. The Kier molecular flexibility index (Phi) is 4.83. The molecule has 0 saturated heterocycles. The fourth-order valence-corrected chi connectivity index (χ4v) is 2.58. The molecule has 0 aliphatic rings. The van der Waals surface area contributed by atoms with Gasteiger partial charge >= 0.3 is 6.18 Å². The molecule has 0 amide bonds.